The summed E-state index contributed by atoms with van der Waals surface area (Å²) >= 11 is 18.7. The molecule has 2 heterocycles. The lowest BCUT2D eigenvalue weighted by molar-refractivity contribution is -0.256. The number of amides is 1. The van der Waals surface area contributed by atoms with Crippen molar-refractivity contribution in [1.82, 2.24) is 0 Å². The third-order valence-electron chi connectivity index (χ3n) is 4.74. The quantitative estimate of drug-likeness (QED) is 0.608. The largest absolute Gasteiger partial charge is 0.492 e. The Kier molecular flexibility index (Phi) is 5.72. The van der Waals surface area contributed by atoms with Gasteiger partial charge in [0.2, 0.25) is 0 Å². The average Bonchev–Trinajstić information content (AvgIpc) is 2.93. The van der Waals surface area contributed by atoms with Gasteiger partial charge in [-0.25, -0.2) is 0 Å². The molecule has 0 radical (unpaired) electrons. The van der Waals surface area contributed by atoms with Gasteiger partial charge in [-0.15, -0.1) is 0 Å². The van der Waals surface area contributed by atoms with E-state index in [0.717, 1.165) is 6.42 Å². The first-order chi connectivity index (χ1) is 13.5. The van der Waals surface area contributed by atoms with E-state index in [2.05, 4.69) is 0 Å². The van der Waals surface area contributed by atoms with Gasteiger partial charge in [-0.1, -0.05) is 46.9 Å². The second-order valence-corrected chi connectivity index (χ2v) is 7.71. The molecular formula is C20H18Cl3NO4. The highest BCUT2D eigenvalue weighted by Crippen LogP contribution is 2.50. The summed E-state index contributed by atoms with van der Waals surface area (Å²) < 4.78 is 17.4. The summed E-state index contributed by atoms with van der Waals surface area (Å²) in [4.78, 5) is 14.8. The van der Waals surface area contributed by atoms with Crippen LogP contribution in [0.2, 0.25) is 15.1 Å². The van der Waals surface area contributed by atoms with E-state index in [0.29, 0.717) is 64.9 Å². The number of halogens is 3. The van der Waals surface area contributed by atoms with Crippen molar-refractivity contribution in [2.24, 2.45) is 0 Å². The lowest BCUT2D eigenvalue weighted by Gasteiger charge is -2.32. The molecule has 0 atom stereocenters. The van der Waals surface area contributed by atoms with Gasteiger partial charge in [-0.3, -0.25) is 4.79 Å². The van der Waals surface area contributed by atoms with Gasteiger partial charge in [0.1, 0.15) is 5.75 Å². The molecule has 5 nitrogen and oxygen atoms in total. The zero-order valence-corrected chi connectivity index (χ0v) is 17.2. The SMILES string of the molecule is O=C1N(CCCOc2ccccc2Cl)c2c(ccc(Cl)c2Cl)C12OCCCO2. The zero-order chi connectivity index (χ0) is 19.7. The molecule has 0 bridgehead atoms. The van der Waals surface area contributed by atoms with E-state index < -0.39 is 5.79 Å². The zero-order valence-electron chi connectivity index (χ0n) is 14.9. The molecule has 28 heavy (non-hydrogen) atoms. The number of fused-ring (bicyclic) bond motifs is 2. The fraction of sp³-hybridized carbons (Fsp3) is 0.350. The Labute approximate surface area is 178 Å². The van der Waals surface area contributed by atoms with Gasteiger partial charge in [-0.05, 0) is 37.1 Å². The minimum Gasteiger partial charge on any atom is -0.492 e. The molecule has 1 amide bonds. The van der Waals surface area contributed by atoms with Gasteiger partial charge < -0.3 is 19.1 Å². The van der Waals surface area contributed by atoms with Crippen LogP contribution in [0.1, 0.15) is 18.4 Å². The fourth-order valence-electron chi connectivity index (χ4n) is 3.46. The number of rotatable bonds is 5. The first kappa shape index (κ1) is 19.8. The second kappa shape index (κ2) is 8.09. The molecule has 0 aromatic heterocycles. The Morgan fingerprint density at radius 1 is 1.04 bits per heavy atom. The van der Waals surface area contributed by atoms with Crippen molar-refractivity contribution in [3.05, 3.63) is 57.0 Å². The molecule has 1 spiro atoms. The highest BCUT2D eigenvalue weighted by atomic mass is 35.5. The summed E-state index contributed by atoms with van der Waals surface area (Å²) in [5.41, 5.74) is 1.14. The van der Waals surface area contributed by atoms with Crippen LogP contribution in [-0.2, 0) is 20.1 Å². The Morgan fingerprint density at radius 2 is 1.79 bits per heavy atom. The number of anilines is 1. The molecule has 4 rings (SSSR count). The Bertz CT molecular complexity index is 899. The lowest BCUT2D eigenvalue weighted by Crippen LogP contribution is -2.47. The summed E-state index contributed by atoms with van der Waals surface area (Å²) in [6, 6.07) is 10.7. The van der Waals surface area contributed by atoms with Gasteiger partial charge >= 0.3 is 0 Å². The Balaban J connectivity index is 1.53. The maximum absolute atomic E-state index is 13.2. The Hall–Kier alpha value is -1.50. The van der Waals surface area contributed by atoms with Crippen molar-refractivity contribution in [3.63, 3.8) is 0 Å². The molecule has 2 aliphatic heterocycles. The molecule has 0 aliphatic carbocycles. The van der Waals surface area contributed by atoms with Crippen LogP contribution in [0.15, 0.2) is 36.4 Å². The maximum atomic E-state index is 13.2. The number of benzene rings is 2. The minimum absolute atomic E-state index is 0.288. The van der Waals surface area contributed by atoms with Crippen LogP contribution >= 0.6 is 34.8 Å². The molecular weight excluding hydrogens is 425 g/mol. The van der Waals surface area contributed by atoms with E-state index in [1.807, 2.05) is 12.1 Å². The molecule has 0 unspecified atom stereocenters. The fourth-order valence-corrected chi connectivity index (χ4v) is 4.06. The van der Waals surface area contributed by atoms with Crippen LogP contribution < -0.4 is 9.64 Å². The summed E-state index contributed by atoms with van der Waals surface area (Å²) in [7, 11) is 0. The number of ether oxygens (including phenoxy) is 3. The van der Waals surface area contributed by atoms with E-state index in [9.17, 15) is 4.79 Å². The molecule has 148 valence electrons. The molecule has 2 aromatic rings. The number of para-hydroxylation sites is 1. The van der Waals surface area contributed by atoms with Gasteiger partial charge in [-0.2, -0.15) is 0 Å². The predicted molar refractivity (Wildman–Crippen MR) is 109 cm³/mol. The predicted octanol–water partition coefficient (Wildman–Crippen LogP) is 5.05. The topological polar surface area (TPSA) is 48.0 Å². The van der Waals surface area contributed by atoms with Crippen molar-refractivity contribution < 1.29 is 19.0 Å². The molecule has 2 aromatic carbocycles. The van der Waals surface area contributed by atoms with E-state index >= 15 is 0 Å². The van der Waals surface area contributed by atoms with Crippen LogP contribution in [0.3, 0.4) is 0 Å². The van der Waals surface area contributed by atoms with Crippen LogP contribution in [0.5, 0.6) is 5.75 Å². The third-order valence-corrected chi connectivity index (χ3v) is 5.85. The molecule has 1 saturated heterocycles. The van der Waals surface area contributed by atoms with Crippen molar-refractivity contribution in [1.29, 1.82) is 0 Å². The molecule has 8 heteroatoms. The summed E-state index contributed by atoms with van der Waals surface area (Å²) in [5, 5.41) is 1.23. The van der Waals surface area contributed by atoms with Crippen LogP contribution in [0.4, 0.5) is 5.69 Å². The minimum atomic E-state index is -1.44. The highest BCUT2D eigenvalue weighted by molar-refractivity contribution is 6.44. The maximum Gasteiger partial charge on any atom is 0.292 e. The third kappa shape index (κ3) is 3.36. The number of hydrogen-bond acceptors (Lipinski definition) is 4. The van der Waals surface area contributed by atoms with Crippen molar-refractivity contribution >= 4 is 46.4 Å². The van der Waals surface area contributed by atoms with E-state index in [1.54, 1.807) is 29.2 Å². The second-order valence-electron chi connectivity index (χ2n) is 6.51. The smallest absolute Gasteiger partial charge is 0.292 e. The average molecular weight is 443 g/mol. The van der Waals surface area contributed by atoms with Gasteiger partial charge in [0.05, 0.1) is 40.6 Å². The lowest BCUT2D eigenvalue weighted by atomic mass is 10.1. The molecule has 0 saturated carbocycles. The van der Waals surface area contributed by atoms with E-state index in [4.69, 9.17) is 49.0 Å². The summed E-state index contributed by atoms with van der Waals surface area (Å²) in [5.74, 6) is -1.12. The highest BCUT2D eigenvalue weighted by Gasteiger charge is 2.55. The Morgan fingerprint density at radius 3 is 2.54 bits per heavy atom. The number of hydrogen-bond donors (Lipinski definition) is 0. The normalized spacial score (nSPS) is 17.8. The van der Waals surface area contributed by atoms with Crippen molar-refractivity contribution in [2.75, 3.05) is 31.3 Å². The van der Waals surface area contributed by atoms with Gasteiger partial charge in [0.15, 0.2) is 0 Å². The van der Waals surface area contributed by atoms with Crippen LogP contribution in [-0.4, -0.2) is 32.3 Å². The molecule has 1 fully saturated rings. The monoisotopic (exact) mass is 441 g/mol. The first-order valence-electron chi connectivity index (χ1n) is 9.00. The number of carbonyl (C=O) groups is 1. The standard InChI is InChI=1S/C20H18Cl3NO4/c21-14-5-1-2-6-16(14)26-10-3-9-24-18-13(7-8-15(22)17(18)23)20(19(24)25)27-11-4-12-28-20/h1-2,5-8H,3-4,9-12H2. The van der Waals surface area contributed by atoms with Gasteiger partial charge in [0, 0.05) is 12.1 Å². The van der Waals surface area contributed by atoms with Gasteiger partial charge in [0.25, 0.3) is 11.7 Å². The van der Waals surface area contributed by atoms with Crippen molar-refractivity contribution in [3.8, 4) is 5.75 Å². The number of nitrogens with zero attached hydrogens (tertiary/aromatic N) is 1. The molecule has 0 N–H and O–H groups in total. The van der Waals surface area contributed by atoms with E-state index in [-0.39, 0.29) is 5.91 Å². The van der Waals surface area contributed by atoms with Crippen LogP contribution in [0.25, 0.3) is 0 Å². The summed E-state index contributed by atoms with van der Waals surface area (Å²) in [6.07, 6.45) is 1.30. The number of carbonyl (C=O) groups excluding carboxylic acids is 1. The first-order valence-corrected chi connectivity index (χ1v) is 10.1. The van der Waals surface area contributed by atoms with Crippen LogP contribution in [0, 0.1) is 0 Å². The molecule has 2 aliphatic rings. The van der Waals surface area contributed by atoms with E-state index in [1.165, 1.54) is 0 Å². The summed E-state index contributed by atoms with van der Waals surface area (Å²) in [6.45, 7) is 1.64. The van der Waals surface area contributed by atoms with Crippen molar-refractivity contribution in [2.45, 2.75) is 18.6 Å².